The largest absolute Gasteiger partial charge is 0.487 e. The van der Waals surface area contributed by atoms with Gasteiger partial charge in [-0.15, -0.1) is 24.0 Å². The number of fused-ring (bicyclic) bond motifs is 1. The number of para-hydroxylation sites is 1. The third kappa shape index (κ3) is 5.79. The van der Waals surface area contributed by atoms with Crippen molar-refractivity contribution in [3.63, 3.8) is 0 Å². The van der Waals surface area contributed by atoms with E-state index in [9.17, 15) is 4.39 Å². The van der Waals surface area contributed by atoms with Gasteiger partial charge >= 0.3 is 0 Å². The number of oxazole rings is 1. The van der Waals surface area contributed by atoms with Crippen LogP contribution in [0.5, 0.6) is 5.75 Å². The van der Waals surface area contributed by atoms with E-state index < -0.39 is 0 Å². The monoisotopic (exact) mass is 550 g/mol. The molecule has 0 spiro atoms. The second kappa shape index (κ2) is 10.3. The molecule has 8 heteroatoms. The average Bonchev–Trinajstić information content (AvgIpc) is 3.21. The van der Waals surface area contributed by atoms with Crippen molar-refractivity contribution in [3.05, 3.63) is 71.9 Å². The summed E-state index contributed by atoms with van der Waals surface area (Å²) in [5.74, 6) is 1.83. The highest BCUT2D eigenvalue weighted by molar-refractivity contribution is 14.0. The van der Waals surface area contributed by atoms with Crippen LogP contribution >= 0.6 is 24.0 Å². The van der Waals surface area contributed by atoms with Crippen molar-refractivity contribution in [1.29, 1.82) is 0 Å². The lowest BCUT2D eigenvalue weighted by Gasteiger charge is -2.38. The van der Waals surface area contributed by atoms with E-state index in [2.05, 4.69) is 40.5 Å². The van der Waals surface area contributed by atoms with Gasteiger partial charge < -0.3 is 19.8 Å². The predicted molar refractivity (Wildman–Crippen MR) is 134 cm³/mol. The maximum absolute atomic E-state index is 13.1. The molecule has 1 aromatic heterocycles. The van der Waals surface area contributed by atoms with E-state index in [1.165, 1.54) is 12.1 Å². The topological polar surface area (TPSA) is 71.7 Å². The number of nitrogens with one attached hydrogen (secondary N) is 2. The van der Waals surface area contributed by atoms with Gasteiger partial charge in [-0.3, -0.25) is 4.99 Å². The third-order valence-electron chi connectivity index (χ3n) is 5.23. The number of ether oxygens (including phenoxy) is 1. The maximum Gasteiger partial charge on any atom is 0.226 e. The average molecular weight is 550 g/mol. The Labute approximate surface area is 204 Å². The standard InChI is InChI=1S/C24H27FN4O2.HI/c1-24(2)14-20(19-6-4-5-7-21(19)31-24)29-23(26-3)27-13-12-18-15-30-22(28-18)16-8-10-17(25)11-9-16;/h4-11,15,20H,12-14H2,1-3H3,(H2,26,27,29);1H. The Morgan fingerprint density at radius 3 is 2.69 bits per heavy atom. The lowest BCUT2D eigenvalue weighted by atomic mass is 9.90. The molecule has 2 heterocycles. The van der Waals surface area contributed by atoms with Crippen LogP contribution in [0.2, 0.25) is 0 Å². The summed E-state index contributed by atoms with van der Waals surface area (Å²) in [6, 6.07) is 14.3. The van der Waals surface area contributed by atoms with Gasteiger partial charge in [-0.25, -0.2) is 9.37 Å². The van der Waals surface area contributed by atoms with Gasteiger partial charge in [0.15, 0.2) is 5.96 Å². The molecule has 1 atom stereocenters. The van der Waals surface area contributed by atoms with Gasteiger partial charge in [-0.1, -0.05) is 18.2 Å². The van der Waals surface area contributed by atoms with E-state index in [1.54, 1.807) is 25.4 Å². The van der Waals surface area contributed by atoms with E-state index in [1.807, 2.05) is 18.2 Å². The van der Waals surface area contributed by atoms with Crippen LogP contribution in [-0.4, -0.2) is 30.1 Å². The molecule has 3 aromatic rings. The zero-order valence-electron chi connectivity index (χ0n) is 18.4. The van der Waals surface area contributed by atoms with E-state index in [-0.39, 0.29) is 41.4 Å². The number of aliphatic imine (C=N–C) groups is 1. The highest BCUT2D eigenvalue weighted by Gasteiger charge is 2.33. The van der Waals surface area contributed by atoms with E-state index in [0.29, 0.717) is 18.9 Å². The first kappa shape index (κ1) is 24.0. The van der Waals surface area contributed by atoms with Crippen LogP contribution in [0.25, 0.3) is 11.5 Å². The second-order valence-electron chi connectivity index (χ2n) is 8.20. The Hall–Kier alpha value is -2.62. The molecular weight excluding hydrogens is 522 g/mol. The molecule has 0 saturated heterocycles. The van der Waals surface area contributed by atoms with Gasteiger partial charge in [0.2, 0.25) is 5.89 Å². The van der Waals surface area contributed by atoms with Crippen molar-refractivity contribution >= 4 is 29.9 Å². The fourth-order valence-corrected chi connectivity index (χ4v) is 3.75. The first-order valence-electron chi connectivity index (χ1n) is 10.4. The Balaban J connectivity index is 0.00000289. The first-order valence-corrected chi connectivity index (χ1v) is 10.4. The number of hydrogen-bond donors (Lipinski definition) is 2. The number of aromatic nitrogens is 1. The molecular formula is C24H28FIN4O2. The number of guanidine groups is 1. The molecule has 2 N–H and O–H groups in total. The molecule has 0 fully saturated rings. The first-order chi connectivity index (χ1) is 14.9. The summed E-state index contributed by atoms with van der Waals surface area (Å²) in [5, 5.41) is 6.87. The van der Waals surface area contributed by atoms with Crippen molar-refractivity contribution in [2.75, 3.05) is 13.6 Å². The quantitative estimate of drug-likeness (QED) is 0.263. The van der Waals surface area contributed by atoms with Gasteiger partial charge in [-0.05, 0) is 44.2 Å². The van der Waals surface area contributed by atoms with Crippen LogP contribution in [0.4, 0.5) is 4.39 Å². The molecule has 1 aliphatic rings. The minimum absolute atomic E-state index is 0. The third-order valence-corrected chi connectivity index (χ3v) is 5.23. The minimum atomic E-state index is -0.283. The fourth-order valence-electron chi connectivity index (χ4n) is 3.75. The predicted octanol–water partition coefficient (Wildman–Crippen LogP) is 5.11. The van der Waals surface area contributed by atoms with Crippen LogP contribution in [0.1, 0.15) is 37.6 Å². The Morgan fingerprint density at radius 2 is 1.94 bits per heavy atom. The Morgan fingerprint density at radius 1 is 1.19 bits per heavy atom. The Kier molecular flexibility index (Phi) is 7.76. The number of halogens is 2. The molecule has 0 bridgehead atoms. The minimum Gasteiger partial charge on any atom is -0.487 e. The van der Waals surface area contributed by atoms with Crippen molar-refractivity contribution in [2.24, 2.45) is 4.99 Å². The van der Waals surface area contributed by atoms with Crippen LogP contribution in [0, 0.1) is 5.82 Å². The number of benzene rings is 2. The summed E-state index contributed by atoms with van der Waals surface area (Å²) >= 11 is 0. The zero-order valence-corrected chi connectivity index (χ0v) is 20.7. The van der Waals surface area contributed by atoms with Gasteiger partial charge in [0.05, 0.1) is 11.7 Å². The van der Waals surface area contributed by atoms with Gasteiger partial charge in [0, 0.05) is 37.6 Å². The summed E-state index contributed by atoms with van der Waals surface area (Å²) in [6.07, 6.45) is 3.13. The van der Waals surface area contributed by atoms with Gasteiger partial charge in [-0.2, -0.15) is 0 Å². The highest BCUT2D eigenvalue weighted by Crippen LogP contribution is 2.39. The summed E-state index contributed by atoms with van der Waals surface area (Å²) in [4.78, 5) is 8.86. The van der Waals surface area contributed by atoms with Crippen molar-refractivity contribution in [1.82, 2.24) is 15.6 Å². The van der Waals surface area contributed by atoms with E-state index >= 15 is 0 Å². The molecule has 0 amide bonds. The van der Waals surface area contributed by atoms with Crippen molar-refractivity contribution in [2.45, 2.75) is 38.3 Å². The second-order valence-corrected chi connectivity index (χ2v) is 8.20. The summed E-state index contributed by atoms with van der Waals surface area (Å²) in [5.41, 5.74) is 2.44. The summed E-state index contributed by atoms with van der Waals surface area (Å²) in [7, 11) is 1.76. The highest BCUT2D eigenvalue weighted by atomic mass is 127. The SMILES string of the molecule is CN=C(NCCc1coc(-c2ccc(F)cc2)n1)NC1CC(C)(C)Oc2ccccc21.I. The number of hydrogen-bond acceptors (Lipinski definition) is 4. The molecule has 1 aliphatic heterocycles. The Bertz CT molecular complexity index is 1070. The van der Waals surface area contributed by atoms with E-state index in [0.717, 1.165) is 35.0 Å². The van der Waals surface area contributed by atoms with Crippen LogP contribution in [0.3, 0.4) is 0 Å². The van der Waals surface area contributed by atoms with Crippen molar-refractivity contribution < 1.29 is 13.5 Å². The molecule has 170 valence electrons. The smallest absolute Gasteiger partial charge is 0.226 e. The lowest BCUT2D eigenvalue weighted by molar-refractivity contribution is 0.0694. The molecule has 0 saturated carbocycles. The summed E-state index contributed by atoms with van der Waals surface area (Å²) < 4.78 is 24.7. The van der Waals surface area contributed by atoms with Crippen LogP contribution < -0.4 is 15.4 Å². The summed E-state index contributed by atoms with van der Waals surface area (Å²) in [6.45, 7) is 4.83. The lowest BCUT2D eigenvalue weighted by Crippen LogP contribution is -2.45. The molecule has 32 heavy (non-hydrogen) atoms. The van der Waals surface area contributed by atoms with Crippen LogP contribution in [-0.2, 0) is 6.42 Å². The normalized spacial score (nSPS) is 17.0. The molecule has 4 rings (SSSR count). The zero-order chi connectivity index (χ0) is 21.8. The molecule has 0 aliphatic carbocycles. The fraction of sp³-hybridized carbons (Fsp3) is 0.333. The molecule has 1 unspecified atom stereocenters. The van der Waals surface area contributed by atoms with Gasteiger partial charge in [0.1, 0.15) is 23.4 Å². The maximum atomic E-state index is 13.1. The molecule has 6 nitrogen and oxygen atoms in total. The van der Waals surface area contributed by atoms with Gasteiger partial charge in [0.25, 0.3) is 0 Å². The molecule has 0 radical (unpaired) electrons. The van der Waals surface area contributed by atoms with Crippen molar-refractivity contribution in [3.8, 4) is 17.2 Å². The van der Waals surface area contributed by atoms with Crippen LogP contribution in [0.15, 0.2) is 64.2 Å². The number of rotatable bonds is 5. The molecule has 2 aromatic carbocycles. The van der Waals surface area contributed by atoms with E-state index in [4.69, 9.17) is 9.15 Å². The number of nitrogens with zero attached hydrogens (tertiary/aromatic N) is 2.